The fraction of sp³-hybridized carbons (Fsp3) is 0. The number of aromatic nitrogens is 1. The molecule has 0 unspecified atom stereocenters. The summed E-state index contributed by atoms with van der Waals surface area (Å²) >= 11 is 0. The molecule has 4 nitrogen and oxygen atoms in total. The third-order valence-electron chi connectivity index (χ3n) is 3.21. The Balaban J connectivity index is 1.67. The van der Waals surface area contributed by atoms with Gasteiger partial charge in [-0.25, -0.2) is 13.8 Å². The van der Waals surface area contributed by atoms with Gasteiger partial charge in [0.1, 0.15) is 17.3 Å². The van der Waals surface area contributed by atoms with Gasteiger partial charge in [-0.05, 0) is 54.6 Å². The third-order valence-corrected chi connectivity index (χ3v) is 3.21. The maximum absolute atomic E-state index is 13.1. The third kappa shape index (κ3) is 3.92. The van der Waals surface area contributed by atoms with Crippen molar-refractivity contribution in [1.82, 2.24) is 4.98 Å². The first kappa shape index (κ1) is 15.6. The van der Waals surface area contributed by atoms with Crippen LogP contribution in [0.4, 0.5) is 25.8 Å². The van der Waals surface area contributed by atoms with Gasteiger partial charge in [-0.15, -0.1) is 0 Å². The van der Waals surface area contributed by atoms with Gasteiger partial charge >= 0.3 is 0 Å². The molecule has 1 amide bonds. The van der Waals surface area contributed by atoms with E-state index in [0.717, 1.165) is 0 Å². The molecule has 0 spiro atoms. The second-order valence-corrected chi connectivity index (χ2v) is 5.03. The molecule has 0 atom stereocenters. The van der Waals surface area contributed by atoms with E-state index in [4.69, 9.17) is 0 Å². The highest BCUT2D eigenvalue weighted by atomic mass is 19.1. The molecule has 0 aliphatic carbocycles. The molecule has 0 aliphatic rings. The smallest absolute Gasteiger partial charge is 0.274 e. The predicted molar refractivity (Wildman–Crippen MR) is 88.3 cm³/mol. The van der Waals surface area contributed by atoms with E-state index in [-0.39, 0.29) is 17.3 Å². The molecular formula is C18H13F2N3O. The van der Waals surface area contributed by atoms with Crippen molar-refractivity contribution in [3.05, 3.63) is 84.2 Å². The number of hydrogen-bond acceptors (Lipinski definition) is 3. The van der Waals surface area contributed by atoms with Crippen molar-refractivity contribution in [2.75, 3.05) is 10.6 Å². The summed E-state index contributed by atoms with van der Waals surface area (Å²) < 4.78 is 26.0. The highest BCUT2D eigenvalue weighted by Gasteiger charge is 2.08. The van der Waals surface area contributed by atoms with Gasteiger partial charge in [0.05, 0.1) is 11.9 Å². The fourth-order valence-corrected chi connectivity index (χ4v) is 2.06. The average molecular weight is 325 g/mol. The van der Waals surface area contributed by atoms with E-state index >= 15 is 0 Å². The lowest BCUT2D eigenvalue weighted by molar-refractivity contribution is 0.102. The topological polar surface area (TPSA) is 54.0 Å². The van der Waals surface area contributed by atoms with E-state index in [0.29, 0.717) is 17.1 Å². The molecule has 3 rings (SSSR count). The Morgan fingerprint density at radius 3 is 2.25 bits per heavy atom. The molecule has 2 aromatic carbocycles. The largest absolute Gasteiger partial charge is 0.354 e. The zero-order valence-corrected chi connectivity index (χ0v) is 12.5. The summed E-state index contributed by atoms with van der Waals surface area (Å²) in [6, 6.07) is 14.7. The number of carbonyl (C=O) groups excluding carboxylic acids is 1. The molecule has 0 radical (unpaired) electrons. The van der Waals surface area contributed by atoms with Gasteiger partial charge in [0.25, 0.3) is 5.91 Å². The number of carbonyl (C=O) groups is 1. The molecule has 0 aliphatic heterocycles. The Labute approximate surface area is 137 Å². The van der Waals surface area contributed by atoms with Crippen molar-refractivity contribution >= 4 is 23.0 Å². The average Bonchev–Trinajstić information content (AvgIpc) is 2.57. The molecule has 0 bridgehead atoms. The Bertz CT molecular complexity index is 849. The number of nitrogens with zero attached hydrogens (tertiary/aromatic N) is 1. The normalized spacial score (nSPS) is 10.2. The van der Waals surface area contributed by atoms with Crippen LogP contribution in [0.5, 0.6) is 0 Å². The Morgan fingerprint density at radius 1 is 0.833 bits per heavy atom. The lowest BCUT2D eigenvalue weighted by Gasteiger charge is -2.08. The SMILES string of the molecule is O=C(Nc1ccc(F)cc1)c1ccc(Nc2cccc(F)c2)cn1. The number of anilines is 3. The van der Waals surface area contributed by atoms with Gasteiger partial charge in [-0.1, -0.05) is 6.07 Å². The minimum atomic E-state index is -0.404. The van der Waals surface area contributed by atoms with E-state index in [1.807, 2.05) is 0 Å². The molecule has 0 fully saturated rings. The number of rotatable bonds is 4. The van der Waals surface area contributed by atoms with Gasteiger partial charge in [0.2, 0.25) is 0 Å². The van der Waals surface area contributed by atoms with Crippen LogP contribution in [-0.4, -0.2) is 10.9 Å². The number of benzene rings is 2. The lowest BCUT2D eigenvalue weighted by Crippen LogP contribution is -2.13. The minimum Gasteiger partial charge on any atom is -0.354 e. The fourth-order valence-electron chi connectivity index (χ4n) is 2.06. The first-order chi connectivity index (χ1) is 11.6. The molecule has 6 heteroatoms. The molecule has 1 heterocycles. The summed E-state index contributed by atoms with van der Waals surface area (Å²) in [5.41, 5.74) is 1.90. The Kier molecular flexibility index (Phi) is 4.47. The number of amides is 1. The van der Waals surface area contributed by atoms with Crippen LogP contribution in [-0.2, 0) is 0 Å². The highest BCUT2D eigenvalue weighted by molar-refractivity contribution is 6.02. The summed E-state index contributed by atoms with van der Waals surface area (Å²) in [6.07, 6.45) is 1.48. The zero-order valence-electron chi connectivity index (χ0n) is 12.5. The van der Waals surface area contributed by atoms with Gasteiger partial charge in [0, 0.05) is 11.4 Å². The molecule has 3 aromatic rings. The van der Waals surface area contributed by atoms with Crippen LogP contribution in [0.15, 0.2) is 66.9 Å². The predicted octanol–water partition coefficient (Wildman–Crippen LogP) is 4.36. The number of halogens is 2. The summed E-state index contributed by atoms with van der Waals surface area (Å²) in [7, 11) is 0. The maximum atomic E-state index is 13.1. The van der Waals surface area contributed by atoms with E-state index in [1.54, 1.807) is 24.3 Å². The van der Waals surface area contributed by atoms with E-state index < -0.39 is 5.91 Å². The molecule has 24 heavy (non-hydrogen) atoms. The van der Waals surface area contributed by atoms with Crippen molar-refractivity contribution in [2.24, 2.45) is 0 Å². The molecule has 0 saturated heterocycles. The summed E-state index contributed by atoms with van der Waals surface area (Å²) in [5.74, 6) is -1.12. The van der Waals surface area contributed by atoms with Crippen molar-refractivity contribution in [2.45, 2.75) is 0 Å². The van der Waals surface area contributed by atoms with E-state index in [1.165, 1.54) is 42.6 Å². The number of hydrogen-bond donors (Lipinski definition) is 2. The maximum Gasteiger partial charge on any atom is 0.274 e. The Hall–Kier alpha value is -3.28. The van der Waals surface area contributed by atoms with Crippen molar-refractivity contribution in [1.29, 1.82) is 0 Å². The van der Waals surface area contributed by atoms with Crippen molar-refractivity contribution < 1.29 is 13.6 Å². The first-order valence-corrected chi connectivity index (χ1v) is 7.16. The van der Waals surface area contributed by atoms with Gasteiger partial charge in [-0.2, -0.15) is 0 Å². The summed E-state index contributed by atoms with van der Waals surface area (Å²) in [6.45, 7) is 0. The van der Waals surface area contributed by atoms with Crippen LogP contribution in [0.1, 0.15) is 10.5 Å². The van der Waals surface area contributed by atoms with E-state index in [2.05, 4.69) is 15.6 Å². The molecule has 2 N–H and O–H groups in total. The second kappa shape index (κ2) is 6.87. The Morgan fingerprint density at radius 2 is 1.58 bits per heavy atom. The monoisotopic (exact) mass is 325 g/mol. The van der Waals surface area contributed by atoms with Crippen LogP contribution in [0.25, 0.3) is 0 Å². The molecular weight excluding hydrogens is 312 g/mol. The lowest BCUT2D eigenvalue weighted by atomic mass is 10.2. The highest BCUT2D eigenvalue weighted by Crippen LogP contribution is 2.17. The summed E-state index contributed by atoms with van der Waals surface area (Å²) in [4.78, 5) is 16.1. The van der Waals surface area contributed by atoms with Crippen LogP contribution >= 0.6 is 0 Å². The van der Waals surface area contributed by atoms with Crippen LogP contribution in [0.2, 0.25) is 0 Å². The molecule has 0 saturated carbocycles. The number of pyridine rings is 1. The minimum absolute atomic E-state index is 0.212. The van der Waals surface area contributed by atoms with Crippen LogP contribution in [0, 0.1) is 11.6 Å². The molecule has 120 valence electrons. The van der Waals surface area contributed by atoms with Gasteiger partial charge in [-0.3, -0.25) is 4.79 Å². The van der Waals surface area contributed by atoms with Crippen molar-refractivity contribution in [3.8, 4) is 0 Å². The second-order valence-electron chi connectivity index (χ2n) is 5.03. The summed E-state index contributed by atoms with van der Waals surface area (Å²) in [5, 5.41) is 5.61. The number of nitrogens with one attached hydrogen (secondary N) is 2. The zero-order chi connectivity index (χ0) is 16.9. The van der Waals surface area contributed by atoms with Crippen LogP contribution < -0.4 is 10.6 Å². The standard InChI is InChI=1S/C18H13F2N3O/c19-12-4-6-14(7-5-12)23-18(24)17-9-8-16(11-21-17)22-15-3-1-2-13(20)10-15/h1-11,22H,(H,23,24). The van der Waals surface area contributed by atoms with E-state index in [9.17, 15) is 13.6 Å². The quantitative estimate of drug-likeness (QED) is 0.749. The van der Waals surface area contributed by atoms with Gasteiger partial charge in [0.15, 0.2) is 0 Å². The first-order valence-electron chi connectivity index (χ1n) is 7.16. The molecule has 1 aromatic heterocycles. The van der Waals surface area contributed by atoms with Crippen molar-refractivity contribution in [3.63, 3.8) is 0 Å². The van der Waals surface area contributed by atoms with Crippen LogP contribution in [0.3, 0.4) is 0 Å². The van der Waals surface area contributed by atoms with Gasteiger partial charge < -0.3 is 10.6 Å².